The average Bonchev–Trinajstić information content (AvgIpc) is 3.75. The quantitative estimate of drug-likeness (QED) is 0.167. The van der Waals surface area contributed by atoms with Crippen molar-refractivity contribution in [2.75, 3.05) is 0 Å². The minimum Gasteiger partial charge on any atom is -0.354 e. The van der Waals surface area contributed by atoms with E-state index < -0.39 is 0 Å². The van der Waals surface area contributed by atoms with Crippen molar-refractivity contribution in [3.8, 4) is 33.4 Å². The van der Waals surface area contributed by atoms with Gasteiger partial charge in [0.05, 0.1) is 5.52 Å². The van der Waals surface area contributed by atoms with Gasteiger partial charge in [0.1, 0.15) is 0 Å². The highest BCUT2D eigenvalue weighted by molar-refractivity contribution is 6.26. The molecule has 1 heteroatoms. The first-order valence-corrected chi connectivity index (χ1v) is 22.8. The van der Waals surface area contributed by atoms with E-state index in [4.69, 9.17) is 0 Å². The summed E-state index contributed by atoms with van der Waals surface area (Å²) in [6.45, 7) is 2.48. The molecule has 0 spiro atoms. The van der Waals surface area contributed by atoms with E-state index in [1.54, 1.807) is 0 Å². The van der Waals surface area contributed by atoms with Crippen LogP contribution in [0.1, 0.15) is 36.8 Å². The van der Waals surface area contributed by atoms with E-state index in [0.29, 0.717) is 0 Å². The summed E-state index contributed by atoms with van der Waals surface area (Å²) in [4.78, 5) is 4.06. The average molecular weight is 816 g/mol. The van der Waals surface area contributed by atoms with Crippen LogP contribution < -0.4 is 0 Å². The van der Waals surface area contributed by atoms with Crippen LogP contribution in [0, 0.1) is 5.41 Å². The van der Waals surface area contributed by atoms with Crippen molar-refractivity contribution in [2.45, 2.75) is 25.7 Å². The molecule has 1 heterocycles. The molecule has 9 aromatic carbocycles. The second kappa shape index (κ2) is 14.4. The molecular formula is C63H45N. The molecule has 1 N–H and O–H groups in total. The summed E-state index contributed by atoms with van der Waals surface area (Å²) in [5.74, 6) is 0.141. The van der Waals surface area contributed by atoms with Crippen LogP contribution in [-0.4, -0.2) is 4.98 Å². The molecule has 13 rings (SSSR count). The summed E-state index contributed by atoms with van der Waals surface area (Å²) in [6, 6.07) is 67.5. The largest absolute Gasteiger partial charge is 0.354 e. The first-order valence-electron chi connectivity index (χ1n) is 22.8. The van der Waals surface area contributed by atoms with Crippen LogP contribution in [0.15, 0.2) is 235 Å². The summed E-state index contributed by atoms with van der Waals surface area (Å²) >= 11 is 0. The molecule has 10 aromatic rings. The number of rotatable bonds is 5. The zero-order chi connectivity index (χ0) is 42.4. The van der Waals surface area contributed by atoms with E-state index in [-0.39, 0.29) is 11.3 Å². The highest BCUT2D eigenvalue weighted by Crippen LogP contribution is 2.60. The van der Waals surface area contributed by atoms with Gasteiger partial charge in [-0.1, -0.05) is 219 Å². The predicted octanol–water partition coefficient (Wildman–Crippen LogP) is 17.1. The molecule has 302 valence electrons. The molecular weight excluding hydrogens is 771 g/mol. The van der Waals surface area contributed by atoms with Crippen molar-refractivity contribution in [3.63, 3.8) is 0 Å². The number of nitrogens with one attached hydrogen (secondary N) is 1. The number of allylic oxidation sites excluding steroid dienone is 10. The van der Waals surface area contributed by atoms with Crippen LogP contribution in [0.4, 0.5) is 0 Å². The molecule has 3 aliphatic carbocycles. The first-order chi connectivity index (χ1) is 31.7. The molecule has 0 fully saturated rings. The van der Waals surface area contributed by atoms with E-state index >= 15 is 0 Å². The number of hydrogen-bond donors (Lipinski definition) is 1. The lowest BCUT2D eigenvalue weighted by molar-refractivity contribution is 0.446. The van der Waals surface area contributed by atoms with Gasteiger partial charge in [0, 0.05) is 33.2 Å². The van der Waals surface area contributed by atoms with Gasteiger partial charge in [0.15, 0.2) is 0 Å². The fraction of sp³-hybridized carbons (Fsp3) is 0.0794. The molecule has 0 amide bonds. The number of fused-ring (bicyclic) bond motifs is 7. The summed E-state index contributed by atoms with van der Waals surface area (Å²) < 4.78 is 0. The Morgan fingerprint density at radius 1 is 0.484 bits per heavy atom. The number of benzene rings is 9. The van der Waals surface area contributed by atoms with Crippen LogP contribution in [0.25, 0.3) is 93.1 Å². The molecule has 0 radical (unpaired) electrons. The standard InChI is InChI=1S/C63H45N/c1-63-39-17-16-35-55(63)59(49-30-14-15-31-50(49)61(63)51-38-37-42(40-20-4-2-5-21-40)43-24-8-9-25-44(43)51)53-33-18-34-54-60-52(32-19-36-56(60)64-62(53)54)58-47-28-12-10-26-45(47)57(41-22-6-3-7-23-41)46-27-11-13-29-48(46)58/h2-13,15-29,31-39,61,64H,14,30H2,1H3/t61?,63-/m1/s1. The third kappa shape index (κ3) is 5.37. The summed E-state index contributed by atoms with van der Waals surface area (Å²) in [7, 11) is 0. The lowest BCUT2D eigenvalue weighted by atomic mass is 9.56. The Hall–Kier alpha value is -7.74. The monoisotopic (exact) mass is 815 g/mol. The van der Waals surface area contributed by atoms with Gasteiger partial charge in [-0.3, -0.25) is 0 Å². The van der Waals surface area contributed by atoms with Crippen molar-refractivity contribution < 1.29 is 0 Å². The Kier molecular flexibility index (Phi) is 8.30. The van der Waals surface area contributed by atoms with Gasteiger partial charge in [-0.05, 0) is 112 Å². The fourth-order valence-corrected chi connectivity index (χ4v) is 12.0. The van der Waals surface area contributed by atoms with E-state index in [1.807, 2.05) is 0 Å². The van der Waals surface area contributed by atoms with Gasteiger partial charge in [-0.2, -0.15) is 0 Å². The second-order valence-electron chi connectivity index (χ2n) is 18.0. The Bertz CT molecular complexity index is 3660. The van der Waals surface area contributed by atoms with Crippen molar-refractivity contribution in [2.24, 2.45) is 5.41 Å². The number of aromatic nitrogens is 1. The third-order valence-electron chi connectivity index (χ3n) is 14.6. The number of para-hydroxylation sites is 1. The third-order valence-corrected chi connectivity index (χ3v) is 14.6. The minimum atomic E-state index is -0.292. The van der Waals surface area contributed by atoms with Gasteiger partial charge in [-0.15, -0.1) is 0 Å². The van der Waals surface area contributed by atoms with Gasteiger partial charge >= 0.3 is 0 Å². The zero-order valence-electron chi connectivity index (χ0n) is 35.8. The highest BCUT2D eigenvalue weighted by Gasteiger charge is 2.46. The minimum absolute atomic E-state index is 0.141. The Labute approximate surface area is 373 Å². The Balaban J connectivity index is 1.05. The van der Waals surface area contributed by atoms with Gasteiger partial charge in [0.25, 0.3) is 0 Å². The van der Waals surface area contributed by atoms with Crippen LogP contribution in [0.2, 0.25) is 0 Å². The lowest BCUT2D eigenvalue weighted by Gasteiger charge is -2.46. The van der Waals surface area contributed by atoms with Crippen molar-refractivity contribution in [3.05, 3.63) is 246 Å². The molecule has 0 bridgehead atoms. The summed E-state index contributed by atoms with van der Waals surface area (Å²) in [5.41, 5.74) is 18.0. The number of H-pyrrole nitrogens is 1. The van der Waals surface area contributed by atoms with Crippen LogP contribution in [0.5, 0.6) is 0 Å². The van der Waals surface area contributed by atoms with E-state index in [0.717, 1.165) is 18.4 Å². The van der Waals surface area contributed by atoms with Crippen LogP contribution in [0.3, 0.4) is 0 Å². The SMILES string of the molecule is C[C@@]12C=CC=CC1=C(c1cccc3c1[nH]c1cccc(-c4c5ccccc5c(-c5ccccc5)c5ccccc45)c13)C1=C(C=CCC1)C2c1ccc(-c2ccccc2)c2ccccc12. The topological polar surface area (TPSA) is 15.8 Å². The molecule has 0 saturated carbocycles. The van der Waals surface area contributed by atoms with Gasteiger partial charge in [-0.25, -0.2) is 0 Å². The highest BCUT2D eigenvalue weighted by atomic mass is 14.7. The van der Waals surface area contributed by atoms with Crippen molar-refractivity contribution in [1.29, 1.82) is 0 Å². The normalized spacial score (nSPS) is 18.2. The molecule has 2 atom stereocenters. The number of aromatic amines is 1. The molecule has 1 unspecified atom stereocenters. The molecule has 1 nitrogen and oxygen atoms in total. The predicted molar refractivity (Wildman–Crippen MR) is 273 cm³/mol. The molecule has 0 saturated heterocycles. The van der Waals surface area contributed by atoms with Crippen molar-refractivity contribution in [1.82, 2.24) is 4.98 Å². The van der Waals surface area contributed by atoms with Crippen LogP contribution in [-0.2, 0) is 0 Å². The molecule has 3 aliphatic rings. The van der Waals surface area contributed by atoms with Crippen molar-refractivity contribution >= 4 is 59.7 Å². The summed E-state index contributed by atoms with van der Waals surface area (Å²) in [6.07, 6.45) is 16.3. The van der Waals surface area contributed by atoms with E-state index in [1.165, 1.54) is 115 Å². The van der Waals surface area contributed by atoms with E-state index in [9.17, 15) is 0 Å². The lowest BCUT2D eigenvalue weighted by Crippen LogP contribution is -2.33. The smallest absolute Gasteiger partial charge is 0.0544 e. The molecule has 0 aliphatic heterocycles. The number of hydrogen-bond acceptors (Lipinski definition) is 0. The van der Waals surface area contributed by atoms with Gasteiger partial charge < -0.3 is 4.98 Å². The second-order valence-corrected chi connectivity index (χ2v) is 18.0. The molecule has 64 heavy (non-hydrogen) atoms. The maximum absolute atomic E-state index is 4.06. The van der Waals surface area contributed by atoms with Crippen LogP contribution >= 0.6 is 0 Å². The zero-order valence-corrected chi connectivity index (χ0v) is 35.8. The maximum Gasteiger partial charge on any atom is 0.0544 e. The van der Waals surface area contributed by atoms with Gasteiger partial charge in [0.2, 0.25) is 0 Å². The molecule has 1 aromatic heterocycles. The first kappa shape index (κ1) is 36.9. The summed E-state index contributed by atoms with van der Waals surface area (Å²) in [5, 5.41) is 10.2. The van der Waals surface area contributed by atoms with E-state index in [2.05, 4.69) is 230 Å². The fourth-order valence-electron chi connectivity index (χ4n) is 12.0. The maximum atomic E-state index is 4.06. The Morgan fingerprint density at radius 2 is 1.09 bits per heavy atom. The Morgan fingerprint density at radius 3 is 1.83 bits per heavy atom.